The molecule has 91 heavy (non-hydrogen) atoms. The minimum atomic E-state index is -0.654. The van der Waals surface area contributed by atoms with E-state index < -0.39 is 24.4 Å². The molecule has 1 rings (SSSR count). The Morgan fingerprint density at radius 1 is 0.352 bits per heavy atom. The van der Waals surface area contributed by atoms with E-state index in [9.17, 15) is 44.4 Å². The quantitative estimate of drug-likeness (QED) is 0.0192. The number of hydrogen-bond acceptors (Lipinski definition) is 20. The molecule has 0 spiro atoms. The third-order valence-electron chi connectivity index (χ3n) is 18.4. The van der Waals surface area contributed by atoms with Crippen molar-refractivity contribution in [3.8, 4) is 0 Å². The molecule has 0 aromatic heterocycles. The number of ether oxygens (including phenoxy) is 5. The molecule has 4 N–H and O–H groups in total. The summed E-state index contributed by atoms with van der Waals surface area (Å²) in [6, 6.07) is 0. The second kappa shape index (κ2) is 59.0. The van der Waals surface area contributed by atoms with Gasteiger partial charge in [-0.2, -0.15) is 0 Å². The Morgan fingerprint density at radius 3 is 0.978 bits per heavy atom. The lowest BCUT2D eigenvalue weighted by molar-refractivity contribution is -0.146. The van der Waals surface area contributed by atoms with E-state index in [1.54, 1.807) is 0 Å². The van der Waals surface area contributed by atoms with Gasteiger partial charge in [0.2, 0.25) is 0 Å². The topological polar surface area (TPSA) is 225 Å². The van der Waals surface area contributed by atoms with Crippen molar-refractivity contribution in [2.45, 2.75) is 279 Å². The highest BCUT2D eigenvalue weighted by molar-refractivity contribution is 8.76. The first kappa shape index (κ1) is 86.7. The molecule has 0 aromatic carbocycles. The first-order valence-electron chi connectivity index (χ1n) is 36.6. The molecule has 1 saturated heterocycles. The standard InChI is InChI=1S/C71H136N4O14S2/c1-9-59(10-2)55-86-68(81)35-23-19-17-21-31-63(76)53-75(54-64(77)32-22-18-20-24-36-69(82)87-56-60(11-3)12-4)41-30-49-90-91-50-47-73-44-42-72(43-45-73)46-48-85-67(80)39-29-40-74(51-65(78)33-25-27-37-70(83)88-57-61(13-5)14-6)52-66(79)34-26-28-38-71(84)89-58-62(15-7)16-8/h59-66,76-79H,9-58H2,1-8H3. The molecule has 0 amide bonds. The van der Waals surface area contributed by atoms with Gasteiger partial charge in [-0.1, -0.05) is 180 Å². The van der Waals surface area contributed by atoms with Gasteiger partial charge in [-0.3, -0.25) is 43.6 Å². The largest absolute Gasteiger partial charge is 0.465 e. The number of unbranched alkanes of at least 4 members (excludes halogenated alkanes) is 8. The maximum atomic E-state index is 12.9. The summed E-state index contributed by atoms with van der Waals surface area (Å²) < 4.78 is 27.6. The first-order chi connectivity index (χ1) is 44.0. The molecule has 0 radical (unpaired) electrons. The first-order valence-corrected chi connectivity index (χ1v) is 39.1. The highest BCUT2D eigenvalue weighted by atomic mass is 33.1. The van der Waals surface area contributed by atoms with Crippen LogP contribution in [0.25, 0.3) is 0 Å². The van der Waals surface area contributed by atoms with E-state index in [0.29, 0.717) is 179 Å². The smallest absolute Gasteiger partial charge is 0.305 e. The zero-order valence-corrected chi connectivity index (χ0v) is 60.6. The van der Waals surface area contributed by atoms with Crippen LogP contribution in [0.1, 0.15) is 254 Å². The molecule has 1 heterocycles. The molecule has 4 atom stereocenters. The predicted molar refractivity (Wildman–Crippen MR) is 372 cm³/mol. The van der Waals surface area contributed by atoms with E-state index in [1.807, 2.05) is 26.5 Å². The van der Waals surface area contributed by atoms with E-state index in [4.69, 9.17) is 23.7 Å². The van der Waals surface area contributed by atoms with Crippen LogP contribution in [0.5, 0.6) is 0 Å². The van der Waals surface area contributed by atoms with Gasteiger partial charge < -0.3 is 44.1 Å². The summed E-state index contributed by atoms with van der Waals surface area (Å²) in [5.74, 6) is 2.73. The van der Waals surface area contributed by atoms with Gasteiger partial charge in [-0.15, -0.1) is 0 Å². The van der Waals surface area contributed by atoms with Gasteiger partial charge in [0.25, 0.3) is 0 Å². The lowest BCUT2D eigenvalue weighted by atomic mass is 10.1. The van der Waals surface area contributed by atoms with E-state index in [0.717, 1.165) is 160 Å². The summed E-state index contributed by atoms with van der Waals surface area (Å²) in [4.78, 5) is 71.0. The zero-order valence-electron chi connectivity index (χ0n) is 59.0. The van der Waals surface area contributed by atoms with Gasteiger partial charge in [0, 0.05) is 109 Å². The molecular formula is C71H136N4O14S2. The SMILES string of the molecule is CCC(CC)COC(=O)CCCCCCC(O)CN(CCCSSCCN1CCN(CCOC(=O)CCCN(CC(O)CCCCC(=O)OCC(CC)CC)CC(O)CCCCC(=O)OCC(CC)CC)CC1)CC(O)CCCCCCC(=O)OCC(CC)CC. The van der Waals surface area contributed by atoms with Crippen LogP contribution in [-0.4, -0.2) is 217 Å². The summed E-state index contributed by atoms with van der Waals surface area (Å²) in [6.07, 6.45) is 21.1. The number of nitrogens with zero attached hydrogens (tertiary/aromatic N) is 4. The maximum absolute atomic E-state index is 12.9. The number of rotatable bonds is 63. The third kappa shape index (κ3) is 49.8. The van der Waals surface area contributed by atoms with Crippen LogP contribution >= 0.6 is 21.6 Å². The highest BCUT2D eigenvalue weighted by Crippen LogP contribution is 2.23. The Hall–Kier alpha value is -2.27. The van der Waals surface area contributed by atoms with Crippen LogP contribution in [0.2, 0.25) is 0 Å². The Morgan fingerprint density at radius 2 is 0.626 bits per heavy atom. The zero-order chi connectivity index (χ0) is 67.1. The van der Waals surface area contributed by atoms with Crippen molar-refractivity contribution in [2.24, 2.45) is 23.7 Å². The van der Waals surface area contributed by atoms with E-state index in [2.05, 4.69) is 70.1 Å². The summed E-state index contributed by atoms with van der Waals surface area (Å²) >= 11 is 0. The molecule has 4 unspecified atom stereocenters. The van der Waals surface area contributed by atoms with Crippen LogP contribution in [0.3, 0.4) is 0 Å². The summed E-state index contributed by atoms with van der Waals surface area (Å²) in [5.41, 5.74) is 0. The molecular weight excluding hydrogens is 1200 g/mol. The molecule has 536 valence electrons. The van der Waals surface area contributed by atoms with Crippen molar-refractivity contribution in [3.63, 3.8) is 0 Å². The van der Waals surface area contributed by atoms with E-state index in [1.165, 1.54) is 0 Å². The van der Waals surface area contributed by atoms with Crippen molar-refractivity contribution in [1.82, 2.24) is 19.6 Å². The average molecular weight is 1330 g/mol. The summed E-state index contributed by atoms with van der Waals surface area (Å²) in [6.45, 7) is 27.6. The number of carbonyl (C=O) groups excluding carboxylic acids is 5. The van der Waals surface area contributed by atoms with Crippen molar-refractivity contribution in [1.29, 1.82) is 0 Å². The van der Waals surface area contributed by atoms with Gasteiger partial charge in [-0.25, -0.2) is 0 Å². The number of hydrogen-bond donors (Lipinski definition) is 4. The Labute approximate surface area is 562 Å². The Balaban J connectivity index is 2.52. The fourth-order valence-electron chi connectivity index (χ4n) is 11.3. The molecule has 20 heteroatoms. The summed E-state index contributed by atoms with van der Waals surface area (Å²) in [7, 11) is 3.78. The monoisotopic (exact) mass is 1330 g/mol. The molecule has 0 bridgehead atoms. The number of carbonyl (C=O) groups is 5. The lowest BCUT2D eigenvalue weighted by Gasteiger charge is -2.34. The number of aliphatic hydroxyl groups excluding tert-OH is 4. The van der Waals surface area contributed by atoms with Gasteiger partial charge in [0.05, 0.1) is 50.8 Å². The van der Waals surface area contributed by atoms with Crippen LogP contribution in [0.15, 0.2) is 0 Å². The number of piperazine rings is 1. The Kier molecular flexibility index (Phi) is 56.3. The lowest BCUT2D eigenvalue weighted by Crippen LogP contribution is -2.47. The van der Waals surface area contributed by atoms with E-state index >= 15 is 0 Å². The normalized spacial score (nSPS) is 14.7. The molecule has 1 aliphatic rings. The van der Waals surface area contributed by atoms with Gasteiger partial charge in [0.1, 0.15) is 6.61 Å². The minimum Gasteiger partial charge on any atom is -0.465 e. The van der Waals surface area contributed by atoms with Gasteiger partial charge in [0.15, 0.2) is 0 Å². The molecule has 18 nitrogen and oxygen atoms in total. The predicted octanol–water partition coefficient (Wildman–Crippen LogP) is 12.5. The fourth-order valence-corrected chi connectivity index (χ4v) is 13.4. The molecule has 0 aliphatic carbocycles. The average Bonchev–Trinajstić information content (AvgIpc) is 3.73. The number of aliphatic hydroxyl groups is 4. The van der Waals surface area contributed by atoms with Crippen molar-refractivity contribution >= 4 is 51.4 Å². The van der Waals surface area contributed by atoms with E-state index in [-0.39, 0.29) is 36.3 Å². The fraction of sp³-hybridized carbons (Fsp3) is 0.930. The Bertz CT molecular complexity index is 1660. The maximum Gasteiger partial charge on any atom is 0.305 e. The van der Waals surface area contributed by atoms with Gasteiger partial charge >= 0.3 is 29.8 Å². The third-order valence-corrected chi connectivity index (χ3v) is 20.8. The number of esters is 5. The molecule has 1 aliphatic heterocycles. The molecule has 0 saturated carbocycles. The van der Waals surface area contributed by atoms with Crippen molar-refractivity contribution in [3.05, 3.63) is 0 Å². The molecule has 0 aromatic rings. The van der Waals surface area contributed by atoms with Crippen LogP contribution in [0, 0.1) is 23.7 Å². The molecule has 1 fully saturated rings. The highest BCUT2D eigenvalue weighted by Gasteiger charge is 2.22. The van der Waals surface area contributed by atoms with Crippen LogP contribution in [-0.2, 0) is 47.7 Å². The van der Waals surface area contributed by atoms with Crippen LogP contribution < -0.4 is 0 Å². The summed E-state index contributed by atoms with van der Waals surface area (Å²) in [5, 5.41) is 44.3. The van der Waals surface area contributed by atoms with Crippen LogP contribution in [0.4, 0.5) is 0 Å². The van der Waals surface area contributed by atoms with Crippen molar-refractivity contribution < 1.29 is 68.1 Å². The minimum absolute atomic E-state index is 0.113. The van der Waals surface area contributed by atoms with Crippen molar-refractivity contribution in [2.75, 3.05) is 123 Å². The second-order valence-corrected chi connectivity index (χ2v) is 28.7. The van der Waals surface area contributed by atoms with Gasteiger partial charge in [-0.05, 0) is 101 Å². The second-order valence-electron chi connectivity index (χ2n) is 26.0.